The molecule has 0 spiro atoms. The van der Waals surface area contributed by atoms with Crippen LogP contribution < -0.4 is 5.73 Å². The van der Waals surface area contributed by atoms with Crippen molar-refractivity contribution >= 4 is 5.97 Å². The van der Waals surface area contributed by atoms with Crippen LogP contribution in [0.15, 0.2) is 0 Å². The highest BCUT2D eigenvalue weighted by Gasteiger charge is 2.17. The minimum atomic E-state index is -1.12. The maximum absolute atomic E-state index is 10.8. The molecule has 0 amide bonds. The maximum Gasteiger partial charge on any atom is 0.358 e. The van der Waals surface area contributed by atoms with Gasteiger partial charge in [-0.1, -0.05) is 5.21 Å². The van der Waals surface area contributed by atoms with Gasteiger partial charge in [0.15, 0.2) is 5.69 Å². The second-order valence-electron chi connectivity index (χ2n) is 3.58. The first-order valence-electron chi connectivity index (χ1n) is 5.63. The molecule has 0 saturated carbocycles. The molecule has 0 aliphatic carbocycles. The van der Waals surface area contributed by atoms with Crippen LogP contribution in [0.5, 0.6) is 0 Å². The fourth-order valence-corrected chi connectivity index (χ4v) is 1.44. The second-order valence-corrected chi connectivity index (χ2v) is 3.58. The first-order chi connectivity index (χ1) is 8.70. The van der Waals surface area contributed by atoms with E-state index in [1.807, 2.05) is 0 Å². The molecule has 0 fully saturated rings. The summed E-state index contributed by atoms with van der Waals surface area (Å²) in [5.41, 5.74) is 5.79. The molecule has 102 valence electrons. The zero-order chi connectivity index (χ0) is 13.4. The zero-order valence-electron chi connectivity index (χ0n) is 10.3. The van der Waals surface area contributed by atoms with Crippen LogP contribution in [0.3, 0.4) is 0 Å². The molecular weight excluding hydrogens is 240 g/mol. The lowest BCUT2D eigenvalue weighted by atomic mass is 10.3. The van der Waals surface area contributed by atoms with Gasteiger partial charge in [0.25, 0.3) is 0 Å². The van der Waals surface area contributed by atoms with E-state index in [0.717, 1.165) is 6.42 Å². The van der Waals surface area contributed by atoms with Gasteiger partial charge in [-0.25, -0.2) is 9.48 Å². The lowest BCUT2D eigenvalue weighted by Gasteiger charge is -2.06. The predicted molar refractivity (Wildman–Crippen MR) is 62.2 cm³/mol. The van der Waals surface area contributed by atoms with Crippen LogP contribution in [-0.4, -0.2) is 53.0 Å². The van der Waals surface area contributed by atoms with E-state index in [4.69, 9.17) is 20.3 Å². The highest BCUT2D eigenvalue weighted by molar-refractivity contribution is 5.86. The van der Waals surface area contributed by atoms with Crippen LogP contribution in [0.25, 0.3) is 0 Å². The Labute approximate surface area is 105 Å². The first-order valence-corrected chi connectivity index (χ1v) is 5.63. The number of methoxy groups -OCH3 is 1. The third-order valence-electron chi connectivity index (χ3n) is 2.32. The van der Waals surface area contributed by atoms with Gasteiger partial charge in [0.05, 0.1) is 18.8 Å². The number of ether oxygens (including phenoxy) is 2. The van der Waals surface area contributed by atoms with Crippen LogP contribution in [0, 0.1) is 0 Å². The van der Waals surface area contributed by atoms with Crippen molar-refractivity contribution in [3.8, 4) is 0 Å². The number of aromatic nitrogens is 3. The summed E-state index contributed by atoms with van der Waals surface area (Å²) in [5.74, 6) is -1.12. The summed E-state index contributed by atoms with van der Waals surface area (Å²) in [7, 11) is 1.64. The minimum Gasteiger partial charge on any atom is -0.476 e. The van der Waals surface area contributed by atoms with E-state index >= 15 is 0 Å². The standard InChI is InChI=1S/C10H18N4O4/c1-17-4-2-5-18-6-3-14-8(7-11)9(10(15)16)12-13-14/h2-7,11H2,1H3,(H,15,16). The Kier molecular flexibility index (Phi) is 6.26. The van der Waals surface area contributed by atoms with Crippen LogP contribution in [0.4, 0.5) is 0 Å². The number of carbonyl (C=O) groups is 1. The summed E-state index contributed by atoms with van der Waals surface area (Å²) in [6, 6.07) is 0. The number of carboxylic acid groups (broad SMARTS) is 1. The van der Waals surface area contributed by atoms with Crippen molar-refractivity contribution in [1.82, 2.24) is 15.0 Å². The summed E-state index contributed by atoms with van der Waals surface area (Å²) in [4.78, 5) is 10.8. The zero-order valence-corrected chi connectivity index (χ0v) is 10.3. The number of hydrogen-bond donors (Lipinski definition) is 2. The fourth-order valence-electron chi connectivity index (χ4n) is 1.44. The molecule has 3 N–H and O–H groups in total. The van der Waals surface area contributed by atoms with E-state index in [0.29, 0.717) is 32.1 Å². The van der Waals surface area contributed by atoms with Crippen LogP contribution in [-0.2, 0) is 22.6 Å². The van der Waals surface area contributed by atoms with Gasteiger partial charge in [-0.2, -0.15) is 0 Å². The molecule has 0 bridgehead atoms. The summed E-state index contributed by atoms with van der Waals surface area (Å²) in [6.45, 7) is 2.18. The van der Waals surface area contributed by atoms with Gasteiger partial charge < -0.3 is 20.3 Å². The Morgan fingerprint density at radius 1 is 1.44 bits per heavy atom. The Balaban J connectivity index is 2.40. The Morgan fingerprint density at radius 3 is 2.83 bits per heavy atom. The smallest absolute Gasteiger partial charge is 0.358 e. The third kappa shape index (κ3) is 4.06. The maximum atomic E-state index is 10.8. The first kappa shape index (κ1) is 14.6. The molecule has 0 aliphatic heterocycles. The number of hydrogen-bond acceptors (Lipinski definition) is 6. The van der Waals surface area contributed by atoms with Crippen molar-refractivity contribution in [2.75, 3.05) is 26.9 Å². The number of aromatic carboxylic acids is 1. The third-order valence-corrected chi connectivity index (χ3v) is 2.32. The van der Waals surface area contributed by atoms with E-state index < -0.39 is 5.97 Å². The molecule has 1 heterocycles. The van der Waals surface area contributed by atoms with Gasteiger partial charge in [0.1, 0.15) is 0 Å². The van der Waals surface area contributed by atoms with Crippen molar-refractivity contribution in [3.63, 3.8) is 0 Å². The largest absolute Gasteiger partial charge is 0.476 e. The normalized spacial score (nSPS) is 10.8. The van der Waals surface area contributed by atoms with Gasteiger partial charge in [-0.05, 0) is 6.42 Å². The Bertz CT molecular complexity index is 380. The van der Waals surface area contributed by atoms with Gasteiger partial charge >= 0.3 is 5.97 Å². The van der Waals surface area contributed by atoms with E-state index in [1.165, 1.54) is 4.68 Å². The minimum absolute atomic E-state index is 0.0817. The number of nitrogens with two attached hydrogens (primary N) is 1. The van der Waals surface area contributed by atoms with E-state index in [2.05, 4.69) is 10.3 Å². The quantitative estimate of drug-likeness (QED) is 0.573. The lowest BCUT2D eigenvalue weighted by molar-refractivity contribution is 0.0688. The topological polar surface area (TPSA) is 112 Å². The van der Waals surface area contributed by atoms with Crippen LogP contribution in [0.2, 0.25) is 0 Å². The second kappa shape index (κ2) is 7.75. The van der Waals surface area contributed by atoms with Gasteiger partial charge in [0.2, 0.25) is 0 Å². The van der Waals surface area contributed by atoms with Crippen LogP contribution >= 0.6 is 0 Å². The SMILES string of the molecule is COCCCOCCn1nnc(C(=O)O)c1CN. The summed E-state index contributed by atoms with van der Waals surface area (Å²) < 4.78 is 11.7. The van der Waals surface area contributed by atoms with Gasteiger partial charge in [-0.15, -0.1) is 5.10 Å². The molecule has 18 heavy (non-hydrogen) atoms. The van der Waals surface area contributed by atoms with E-state index in [9.17, 15) is 4.79 Å². The number of rotatable bonds is 9. The van der Waals surface area contributed by atoms with Crippen molar-refractivity contribution in [2.45, 2.75) is 19.5 Å². The Hall–Kier alpha value is -1.51. The molecule has 0 atom stereocenters. The molecule has 0 unspecified atom stereocenters. The summed E-state index contributed by atoms with van der Waals surface area (Å²) >= 11 is 0. The average molecular weight is 258 g/mol. The van der Waals surface area contributed by atoms with Crippen molar-refractivity contribution in [2.24, 2.45) is 5.73 Å². The lowest BCUT2D eigenvalue weighted by Crippen LogP contribution is -2.15. The number of carboxylic acids is 1. The number of nitrogens with zero attached hydrogens (tertiary/aromatic N) is 3. The Morgan fingerprint density at radius 2 is 2.22 bits per heavy atom. The highest BCUT2D eigenvalue weighted by atomic mass is 16.5. The summed E-state index contributed by atoms with van der Waals surface area (Å²) in [5, 5.41) is 16.2. The van der Waals surface area contributed by atoms with Gasteiger partial charge in [-0.3, -0.25) is 0 Å². The predicted octanol–water partition coefficient (Wildman–Crippen LogP) is -0.512. The fraction of sp³-hybridized carbons (Fsp3) is 0.700. The molecule has 0 radical (unpaired) electrons. The van der Waals surface area contributed by atoms with E-state index in [-0.39, 0.29) is 12.2 Å². The monoisotopic (exact) mass is 258 g/mol. The molecule has 0 aliphatic rings. The molecule has 0 aromatic carbocycles. The molecule has 1 rings (SSSR count). The molecular formula is C10H18N4O4. The van der Waals surface area contributed by atoms with E-state index in [1.54, 1.807) is 7.11 Å². The average Bonchev–Trinajstić information content (AvgIpc) is 2.76. The molecule has 1 aromatic rings. The highest BCUT2D eigenvalue weighted by Crippen LogP contribution is 2.04. The van der Waals surface area contributed by atoms with Crippen molar-refractivity contribution in [3.05, 3.63) is 11.4 Å². The van der Waals surface area contributed by atoms with Crippen molar-refractivity contribution in [1.29, 1.82) is 0 Å². The molecule has 8 nitrogen and oxygen atoms in total. The molecule has 1 aromatic heterocycles. The van der Waals surface area contributed by atoms with Crippen molar-refractivity contribution < 1.29 is 19.4 Å². The van der Waals surface area contributed by atoms with Crippen LogP contribution in [0.1, 0.15) is 22.6 Å². The van der Waals surface area contributed by atoms with Gasteiger partial charge in [0, 0.05) is 26.9 Å². The molecule has 8 heteroatoms. The molecule has 0 saturated heterocycles. The summed E-state index contributed by atoms with van der Waals surface area (Å²) in [6.07, 6.45) is 0.817.